The van der Waals surface area contributed by atoms with Gasteiger partial charge in [-0.3, -0.25) is 0 Å². The molecule has 7 heteroatoms. The van der Waals surface area contributed by atoms with Gasteiger partial charge in [0.05, 0.1) is 11.7 Å². The Balaban J connectivity index is 1.86. The molecule has 1 fully saturated rings. The van der Waals surface area contributed by atoms with Crippen molar-refractivity contribution in [2.24, 2.45) is 5.92 Å². The number of hydrogen-bond acceptors (Lipinski definition) is 2. The first-order valence-electron chi connectivity index (χ1n) is 7.64. The van der Waals surface area contributed by atoms with Gasteiger partial charge in [-0.25, -0.2) is 4.79 Å². The van der Waals surface area contributed by atoms with E-state index in [1.165, 1.54) is 12.1 Å². The lowest BCUT2D eigenvalue weighted by Gasteiger charge is -2.34. The highest BCUT2D eigenvalue weighted by Gasteiger charge is 2.30. The van der Waals surface area contributed by atoms with Gasteiger partial charge in [-0.05, 0) is 37.5 Å². The summed E-state index contributed by atoms with van der Waals surface area (Å²) in [5.41, 5.74) is -0.0983. The molecule has 1 aliphatic heterocycles. The van der Waals surface area contributed by atoms with Crippen molar-refractivity contribution in [2.45, 2.75) is 38.6 Å². The molecule has 0 bridgehead atoms. The second kappa shape index (κ2) is 7.21. The van der Waals surface area contributed by atoms with Gasteiger partial charge in [0, 0.05) is 25.6 Å². The lowest BCUT2D eigenvalue weighted by Crippen LogP contribution is -2.47. The zero-order chi connectivity index (χ0) is 17.0. The van der Waals surface area contributed by atoms with Crippen LogP contribution in [-0.2, 0) is 12.7 Å². The third kappa shape index (κ3) is 4.86. The van der Waals surface area contributed by atoms with Crippen molar-refractivity contribution in [2.75, 3.05) is 13.1 Å². The maximum atomic E-state index is 12.5. The number of amides is 2. The van der Waals surface area contributed by atoms with E-state index in [9.17, 15) is 23.1 Å². The number of aliphatic hydroxyl groups is 1. The number of alkyl halides is 3. The molecule has 2 rings (SSSR count). The molecule has 2 atom stereocenters. The van der Waals surface area contributed by atoms with Crippen LogP contribution in [0.5, 0.6) is 0 Å². The third-order valence-corrected chi connectivity index (χ3v) is 4.15. The minimum Gasteiger partial charge on any atom is -0.393 e. The maximum absolute atomic E-state index is 12.5. The molecule has 2 amide bonds. The van der Waals surface area contributed by atoms with Gasteiger partial charge >= 0.3 is 12.2 Å². The molecule has 0 aliphatic carbocycles. The summed E-state index contributed by atoms with van der Waals surface area (Å²) in [7, 11) is 0. The summed E-state index contributed by atoms with van der Waals surface area (Å²) in [5.74, 6) is 0.0700. The van der Waals surface area contributed by atoms with E-state index in [1.807, 2.05) is 0 Å². The zero-order valence-electron chi connectivity index (χ0n) is 12.9. The number of aliphatic hydroxyl groups excluding tert-OH is 1. The van der Waals surface area contributed by atoms with Crippen LogP contribution in [0.25, 0.3) is 0 Å². The van der Waals surface area contributed by atoms with E-state index in [0.717, 1.165) is 25.0 Å². The van der Waals surface area contributed by atoms with Crippen molar-refractivity contribution in [3.05, 3.63) is 35.4 Å². The van der Waals surface area contributed by atoms with E-state index >= 15 is 0 Å². The molecule has 128 valence electrons. The van der Waals surface area contributed by atoms with Crippen LogP contribution in [0.3, 0.4) is 0 Å². The number of rotatable bonds is 3. The molecule has 1 heterocycles. The van der Waals surface area contributed by atoms with Crippen LogP contribution in [-0.4, -0.2) is 35.2 Å². The van der Waals surface area contributed by atoms with Crippen molar-refractivity contribution in [1.29, 1.82) is 0 Å². The number of carbonyl (C=O) groups is 1. The van der Waals surface area contributed by atoms with Gasteiger partial charge in [0.25, 0.3) is 0 Å². The van der Waals surface area contributed by atoms with Crippen LogP contribution in [0.2, 0.25) is 0 Å². The quantitative estimate of drug-likeness (QED) is 0.895. The predicted molar refractivity (Wildman–Crippen MR) is 79.7 cm³/mol. The number of carbonyl (C=O) groups excluding carboxylic acids is 1. The monoisotopic (exact) mass is 330 g/mol. The minimum atomic E-state index is -4.36. The van der Waals surface area contributed by atoms with Crippen molar-refractivity contribution < 1.29 is 23.1 Å². The lowest BCUT2D eigenvalue weighted by atomic mass is 9.94. The summed E-state index contributed by atoms with van der Waals surface area (Å²) in [5, 5.41) is 12.3. The second-order valence-corrected chi connectivity index (χ2v) is 5.94. The highest BCUT2D eigenvalue weighted by atomic mass is 19.4. The maximum Gasteiger partial charge on any atom is 0.416 e. The first kappa shape index (κ1) is 17.6. The van der Waals surface area contributed by atoms with E-state index in [4.69, 9.17) is 0 Å². The van der Waals surface area contributed by atoms with Gasteiger partial charge in [0.2, 0.25) is 0 Å². The van der Waals surface area contributed by atoms with Gasteiger partial charge in [-0.2, -0.15) is 13.2 Å². The van der Waals surface area contributed by atoms with Crippen LogP contribution < -0.4 is 5.32 Å². The smallest absolute Gasteiger partial charge is 0.393 e. The number of piperidine rings is 1. The summed E-state index contributed by atoms with van der Waals surface area (Å²) in [6.45, 7) is 3.01. The summed E-state index contributed by atoms with van der Waals surface area (Å²) < 4.78 is 37.4. The standard InChI is InChI=1S/C16H21F3N2O2/c1-11(22)13-3-2-8-21(10-13)15(23)20-9-12-4-6-14(7-5-12)16(17,18)19/h4-7,11,13,22H,2-3,8-10H2,1H3,(H,20,23). The Kier molecular flexibility index (Phi) is 5.51. The molecule has 0 saturated carbocycles. The molecule has 4 nitrogen and oxygen atoms in total. The highest BCUT2D eigenvalue weighted by Crippen LogP contribution is 2.29. The summed E-state index contributed by atoms with van der Waals surface area (Å²) >= 11 is 0. The van der Waals surface area contributed by atoms with E-state index < -0.39 is 17.8 Å². The number of hydrogen-bond donors (Lipinski definition) is 2. The Labute approximate surface area is 133 Å². The molecule has 1 aliphatic rings. The molecule has 1 saturated heterocycles. The fourth-order valence-corrected chi connectivity index (χ4v) is 2.69. The van der Waals surface area contributed by atoms with Crippen LogP contribution in [0.1, 0.15) is 30.9 Å². The average Bonchev–Trinajstić information content (AvgIpc) is 2.52. The fourth-order valence-electron chi connectivity index (χ4n) is 2.69. The number of likely N-dealkylation sites (tertiary alicyclic amines) is 1. The molecule has 0 aromatic heterocycles. The van der Waals surface area contributed by atoms with Gasteiger partial charge in [-0.1, -0.05) is 12.1 Å². The number of benzene rings is 1. The minimum absolute atomic E-state index is 0.0700. The van der Waals surface area contributed by atoms with Gasteiger partial charge < -0.3 is 15.3 Å². The van der Waals surface area contributed by atoms with Gasteiger partial charge in [0.15, 0.2) is 0 Å². The van der Waals surface area contributed by atoms with E-state index in [1.54, 1.807) is 11.8 Å². The van der Waals surface area contributed by atoms with Crippen molar-refractivity contribution in [3.8, 4) is 0 Å². The van der Waals surface area contributed by atoms with E-state index in [0.29, 0.717) is 18.7 Å². The molecule has 1 aromatic rings. The molecule has 2 N–H and O–H groups in total. The summed E-state index contributed by atoms with van der Waals surface area (Å²) in [6.07, 6.45) is -3.09. The number of nitrogens with one attached hydrogen (secondary N) is 1. The van der Waals surface area contributed by atoms with Crippen molar-refractivity contribution in [1.82, 2.24) is 10.2 Å². The van der Waals surface area contributed by atoms with E-state index in [-0.39, 0.29) is 18.5 Å². The SMILES string of the molecule is CC(O)C1CCCN(C(=O)NCc2ccc(C(F)(F)F)cc2)C1. The molecule has 2 unspecified atom stereocenters. The number of urea groups is 1. The van der Waals surface area contributed by atoms with Crippen LogP contribution in [0, 0.1) is 5.92 Å². The molecule has 0 radical (unpaired) electrons. The zero-order valence-corrected chi connectivity index (χ0v) is 12.9. The summed E-state index contributed by atoms with van der Waals surface area (Å²) in [6, 6.07) is 4.48. The molecule has 23 heavy (non-hydrogen) atoms. The highest BCUT2D eigenvalue weighted by molar-refractivity contribution is 5.74. The van der Waals surface area contributed by atoms with Gasteiger partial charge in [-0.15, -0.1) is 0 Å². The Morgan fingerprint density at radius 3 is 2.61 bits per heavy atom. The fraction of sp³-hybridized carbons (Fsp3) is 0.562. The molecular weight excluding hydrogens is 309 g/mol. The molecule has 1 aromatic carbocycles. The topological polar surface area (TPSA) is 52.6 Å². The number of nitrogens with zero attached hydrogens (tertiary/aromatic N) is 1. The largest absolute Gasteiger partial charge is 0.416 e. The molecular formula is C16H21F3N2O2. The lowest BCUT2D eigenvalue weighted by molar-refractivity contribution is -0.137. The van der Waals surface area contributed by atoms with Crippen molar-refractivity contribution >= 4 is 6.03 Å². The van der Waals surface area contributed by atoms with Gasteiger partial charge in [0.1, 0.15) is 0 Å². The van der Waals surface area contributed by atoms with Crippen LogP contribution >= 0.6 is 0 Å². The Bertz CT molecular complexity index is 529. The summed E-state index contributed by atoms with van der Waals surface area (Å²) in [4.78, 5) is 13.8. The third-order valence-electron chi connectivity index (χ3n) is 4.15. The molecule has 0 spiro atoms. The first-order chi connectivity index (χ1) is 10.8. The average molecular weight is 330 g/mol. The Hall–Kier alpha value is -1.76. The first-order valence-corrected chi connectivity index (χ1v) is 7.64. The number of halogens is 3. The van der Waals surface area contributed by atoms with Crippen molar-refractivity contribution in [3.63, 3.8) is 0 Å². The van der Waals surface area contributed by atoms with Crippen LogP contribution in [0.4, 0.5) is 18.0 Å². The van der Waals surface area contributed by atoms with E-state index in [2.05, 4.69) is 5.32 Å². The predicted octanol–water partition coefficient (Wildman–Crippen LogP) is 3.01. The second-order valence-electron chi connectivity index (χ2n) is 5.94. The Morgan fingerprint density at radius 1 is 1.39 bits per heavy atom. The normalized spacial score (nSPS) is 20.2. The Morgan fingerprint density at radius 2 is 2.04 bits per heavy atom. The van der Waals surface area contributed by atoms with Crippen LogP contribution in [0.15, 0.2) is 24.3 Å².